The van der Waals surface area contributed by atoms with Crippen LogP contribution >= 0.6 is 0 Å². The van der Waals surface area contributed by atoms with Crippen LogP contribution in [0.1, 0.15) is 22.3 Å². The van der Waals surface area contributed by atoms with E-state index < -0.39 is 90.1 Å². The van der Waals surface area contributed by atoms with Gasteiger partial charge in [0.25, 0.3) is 60.7 Å². The van der Waals surface area contributed by atoms with E-state index in [4.69, 9.17) is 0 Å². The molecule has 2 aromatic heterocycles. The Labute approximate surface area is 406 Å². The van der Waals surface area contributed by atoms with Crippen molar-refractivity contribution < 1.29 is 77.8 Å². The first-order valence-electron chi connectivity index (χ1n) is 19.7. The van der Waals surface area contributed by atoms with Crippen molar-refractivity contribution in [1.82, 2.24) is 30.0 Å². The van der Waals surface area contributed by atoms with Gasteiger partial charge in [-0.05, 0) is 82.9 Å². The minimum absolute atomic E-state index is 0.00787. The lowest BCUT2D eigenvalue weighted by Crippen LogP contribution is -2.05. The summed E-state index contributed by atoms with van der Waals surface area (Å²) in [5, 5.41) is 16.4. The number of aromatic nitrogens is 6. The Balaban J connectivity index is 0.986. The van der Waals surface area contributed by atoms with Gasteiger partial charge in [-0.15, -0.1) is 20.4 Å². The molecule has 2 heterocycles. The third-order valence-electron chi connectivity index (χ3n) is 10.8. The minimum Gasteiger partial charge on any atom is -0.282 e. The number of rotatable bonds is 12. The smallest absolute Gasteiger partial charge is 0.282 e. The highest BCUT2D eigenvalue weighted by atomic mass is 32.2. The second-order valence-corrected chi connectivity index (χ2v) is 23.9. The number of hydrogen-bond donors (Lipinski definition) is 6. The van der Waals surface area contributed by atoms with Crippen LogP contribution in [0.15, 0.2) is 139 Å². The van der Waals surface area contributed by atoms with Gasteiger partial charge in [-0.25, -0.2) is 0 Å². The minimum atomic E-state index is -5.02. The lowest BCUT2D eigenvalue weighted by molar-refractivity contribution is 0.477. The Hall–Kier alpha value is -7.20. The van der Waals surface area contributed by atoms with E-state index in [1.165, 1.54) is 72.8 Å². The summed E-state index contributed by atoms with van der Waals surface area (Å²) in [4.78, 5) is -2.73. The molecule has 0 saturated carbocycles. The van der Waals surface area contributed by atoms with Crippen LogP contribution in [0.3, 0.4) is 0 Å². The zero-order valence-electron chi connectivity index (χ0n) is 35.4. The summed E-state index contributed by atoms with van der Waals surface area (Å²) in [6, 6.07) is 21.9. The van der Waals surface area contributed by atoms with E-state index in [2.05, 4.69) is 20.4 Å². The van der Waals surface area contributed by atoms with E-state index in [0.29, 0.717) is 23.3 Å². The quantitative estimate of drug-likeness (QED) is 0.0669. The summed E-state index contributed by atoms with van der Waals surface area (Å²) in [5.74, 6) is 0. The summed E-state index contributed by atoms with van der Waals surface area (Å²) in [6.07, 6.45) is 5.77. The molecular formula is C42H28N6O18S6. The number of benzene rings is 7. The third-order valence-corrected chi connectivity index (χ3v) is 16.1. The molecule has 0 bridgehead atoms. The zero-order chi connectivity index (χ0) is 52.1. The second-order valence-electron chi connectivity index (χ2n) is 15.5. The van der Waals surface area contributed by atoms with Gasteiger partial charge in [-0.2, -0.15) is 60.1 Å². The van der Waals surface area contributed by atoms with E-state index in [1.807, 2.05) is 0 Å². The Morgan fingerprint density at radius 3 is 1.00 bits per heavy atom. The highest BCUT2D eigenvalue weighted by Gasteiger charge is 2.26. The molecule has 6 N–H and O–H groups in total. The lowest BCUT2D eigenvalue weighted by atomic mass is 10.1. The van der Waals surface area contributed by atoms with Crippen molar-refractivity contribution in [2.45, 2.75) is 29.4 Å². The molecule has 0 fully saturated rings. The topological polar surface area (TPSA) is 388 Å². The maximum atomic E-state index is 12.6. The summed E-state index contributed by atoms with van der Waals surface area (Å²) in [7, 11) is -29.8. The van der Waals surface area contributed by atoms with Crippen LogP contribution in [0, 0.1) is 0 Å². The Kier molecular flexibility index (Phi) is 11.9. The highest BCUT2D eigenvalue weighted by molar-refractivity contribution is 7.87. The maximum absolute atomic E-state index is 12.6. The zero-order valence-corrected chi connectivity index (χ0v) is 40.3. The summed E-state index contributed by atoms with van der Waals surface area (Å²) in [6.45, 7) is 0. The number of nitrogens with zero attached hydrogens (tertiary/aromatic N) is 6. The van der Waals surface area contributed by atoms with Crippen LogP contribution in [-0.4, -0.2) is 108 Å². The van der Waals surface area contributed by atoms with Crippen molar-refractivity contribution in [3.8, 4) is 11.4 Å². The van der Waals surface area contributed by atoms with E-state index >= 15 is 0 Å². The molecule has 0 radical (unpaired) electrons. The SMILES string of the molecule is O=S(=O)(O)c1cc(S(=O)(=O)O)c2ccc3nn(-c4ccc(C=Cc5ccc(C=Cc6ccc(-n7nc8ccc9c(S(=O)(=O)O)cc(S(=O)(=O)O)cc9c8n7)cc6S(=O)(=O)O)cc5)c(S(=O)(=O)O)c4)nc3c2c1. The summed E-state index contributed by atoms with van der Waals surface area (Å²) >= 11 is 0. The van der Waals surface area contributed by atoms with Crippen LogP contribution in [0.25, 0.3) is 79.3 Å². The van der Waals surface area contributed by atoms with Crippen LogP contribution in [0.5, 0.6) is 0 Å². The molecule has 370 valence electrons. The first-order chi connectivity index (χ1) is 33.4. The monoisotopic (exact) mass is 1100 g/mol. The van der Waals surface area contributed by atoms with Crippen molar-refractivity contribution in [2.24, 2.45) is 0 Å². The van der Waals surface area contributed by atoms with Crippen LogP contribution in [0.4, 0.5) is 0 Å². The molecule has 0 aliphatic carbocycles. The Morgan fingerprint density at radius 2 is 0.681 bits per heavy atom. The third kappa shape index (κ3) is 9.76. The number of fused-ring (bicyclic) bond motifs is 6. The molecule has 0 aliphatic heterocycles. The first kappa shape index (κ1) is 49.8. The molecule has 30 heteroatoms. The molecule has 72 heavy (non-hydrogen) atoms. The lowest BCUT2D eigenvalue weighted by Gasteiger charge is -2.07. The standard InChI is InChI=1S/C42H28N6O18S6/c49-67(50,51)29-19-33-31(39(21-29)71(61,62)63)13-15-35-41(33)45-47(43-35)27-11-9-25(37(17-27)69(55,56)57)7-5-23-1-2-24(4-3-23)6-8-26-10-12-28(18-38(26)70(58,59)60)48-44-36-16-14-32-34(42(36)46-48)20-30(68(52,53)54)22-40(32)72(64,65)66/h1-22H,(H,49,50,51)(H,52,53,54)(H,55,56,57)(H,58,59,60)(H,61,62,63)(H,64,65,66). The molecule has 0 amide bonds. The molecule has 0 spiro atoms. The van der Waals surface area contributed by atoms with E-state index in [0.717, 1.165) is 33.9 Å². The van der Waals surface area contributed by atoms with Gasteiger partial charge in [0, 0.05) is 21.5 Å². The van der Waals surface area contributed by atoms with Crippen molar-refractivity contribution in [1.29, 1.82) is 0 Å². The molecule has 7 aromatic carbocycles. The summed E-state index contributed by atoms with van der Waals surface area (Å²) < 4.78 is 206. The van der Waals surface area contributed by atoms with Gasteiger partial charge >= 0.3 is 0 Å². The van der Waals surface area contributed by atoms with E-state index in [9.17, 15) is 77.8 Å². The fraction of sp³-hybridized carbons (Fsp3) is 0. The predicted molar refractivity (Wildman–Crippen MR) is 256 cm³/mol. The molecule has 9 rings (SSSR count). The van der Waals surface area contributed by atoms with Crippen LogP contribution in [0.2, 0.25) is 0 Å². The van der Waals surface area contributed by atoms with Gasteiger partial charge < -0.3 is 0 Å². The van der Waals surface area contributed by atoms with Crippen LogP contribution < -0.4 is 0 Å². The second kappa shape index (κ2) is 17.2. The van der Waals surface area contributed by atoms with Crippen molar-refractivity contribution in [3.63, 3.8) is 0 Å². The average Bonchev–Trinajstić information content (AvgIpc) is 3.94. The van der Waals surface area contributed by atoms with Crippen molar-refractivity contribution >= 4 is 129 Å². The van der Waals surface area contributed by atoms with Gasteiger partial charge in [0.2, 0.25) is 0 Å². The molecule has 0 unspecified atom stereocenters. The average molecular weight is 1100 g/mol. The van der Waals surface area contributed by atoms with Gasteiger partial charge in [0.15, 0.2) is 0 Å². The van der Waals surface area contributed by atoms with Crippen molar-refractivity contribution in [2.75, 3.05) is 0 Å². The van der Waals surface area contributed by atoms with Gasteiger partial charge in [-0.3, -0.25) is 27.3 Å². The van der Waals surface area contributed by atoms with E-state index in [1.54, 1.807) is 24.3 Å². The fourth-order valence-corrected chi connectivity index (χ4v) is 11.7. The Bertz CT molecular complexity index is 4320. The van der Waals surface area contributed by atoms with Gasteiger partial charge in [-0.1, -0.05) is 72.8 Å². The normalized spacial score (nSPS) is 13.4. The molecule has 9 aromatic rings. The molecular weight excluding hydrogens is 1070 g/mol. The molecule has 24 nitrogen and oxygen atoms in total. The maximum Gasteiger partial charge on any atom is 0.295 e. The first-order valence-corrected chi connectivity index (χ1v) is 28.4. The molecule has 0 saturated heterocycles. The Morgan fingerprint density at radius 1 is 0.333 bits per heavy atom. The largest absolute Gasteiger partial charge is 0.295 e. The van der Waals surface area contributed by atoms with Gasteiger partial charge in [0.05, 0.1) is 21.2 Å². The number of hydrogen-bond acceptors (Lipinski definition) is 16. The predicted octanol–water partition coefficient (Wildman–Crippen LogP) is 5.28. The van der Waals surface area contributed by atoms with Crippen molar-refractivity contribution in [3.05, 3.63) is 131 Å². The van der Waals surface area contributed by atoms with Crippen LogP contribution in [-0.2, 0) is 60.7 Å². The van der Waals surface area contributed by atoms with E-state index in [-0.39, 0.29) is 66.1 Å². The molecule has 0 atom stereocenters. The summed E-state index contributed by atoms with van der Waals surface area (Å²) in [5.41, 5.74) is 0.936. The fourth-order valence-electron chi connectivity index (χ4n) is 7.57. The highest BCUT2D eigenvalue weighted by Crippen LogP contribution is 2.34. The molecule has 0 aliphatic rings. The van der Waals surface area contributed by atoms with Gasteiger partial charge in [0.1, 0.15) is 41.6 Å².